The Morgan fingerprint density at radius 3 is 2.75 bits per heavy atom. The first kappa shape index (κ1) is 9.52. The van der Waals surface area contributed by atoms with Crippen LogP contribution < -0.4 is 0 Å². The van der Waals surface area contributed by atoms with Gasteiger partial charge < -0.3 is 9.47 Å². The summed E-state index contributed by atoms with van der Waals surface area (Å²) in [6.07, 6.45) is 3.63. The molecular formula is C9H16O3. The highest BCUT2D eigenvalue weighted by molar-refractivity contribution is 5.65. The van der Waals surface area contributed by atoms with Crippen molar-refractivity contribution >= 4 is 5.97 Å². The number of esters is 1. The fraction of sp³-hybridized carbons (Fsp3) is 0.889. The van der Waals surface area contributed by atoms with E-state index in [9.17, 15) is 4.79 Å². The third-order valence-corrected chi connectivity index (χ3v) is 2.35. The van der Waals surface area contributed by atoms with E-state index in [1.165, 1.54) is 6.92 Å². The van der Waals surface area contributed by atoms with E-state index >= 15 is 0 Å². The molecule has 0 aromatic heterocycles. The predicted molar refractivity (Wildman–Crippen MR) is 44.8 cm³/mol. The van der Waals surface area contributed by atoms with Crippen molar-refractivity contribution in [2.75, 3.05) is 13.7 Å². The first-order valence-corrected chi connectivity index (χ1v) is 4.38. The van der Waals surface area contributed by atoms with E-state index in [-0.39, 0.29) is 5.97 Å². The van der Waals surface area contributed by atoms with Crippen LogP contribution in [0.15, 0.2) is 0 Å². The second-order valence-corrected chi connectivity index (χ2v) is 3.34. The Kier molecular flexibility index (Phi) is 3.53. The minimum absolute atomic E-state index is 0.184. The molecule has 0 aromatic carbocycles. The van der Waals surface area contributed by atoms with Crippen LogP contribution >= 0.6 is 0 Å². The number of hydrogen-bond acceptors (Lipinski definition) is 3. The second kappa shape index (κ2) is 4.45. The number of carbonyl (C=O) groups excluding carboxylic acids is 1. The maximum Gasteiger partial charge on any atom is 0.302 e. The molecule has 0 bridgehead atoms. The smallest absolute Gasteiger partial charge is 0.302 e. The monoisotopic (exact) mass is 172 g/mol. The Morgan fingerprint density at radius 1 is 1.50 bits per heavy atom. The number of ether oxygens (including phenoxy) is 2. The molecule has 0 radical (unpaired) electrons. The van der Waals surface area contributed by atoms with Crippen LogP contribution in [0.2, 0.25) is 0 Å². The molecule has 3 nitrogen and oxygen atoms in total. The van der Waals surface area contributed by atoms with Crippen molar-refractivity contribution in [2.24, 2.45) is 5.92 Å². The zero-order valence-electron chi connectivity index (χ0n) is 7.71. The Hall–Kier alpha value is -0.570. The van der Waals surface area contributed by atoms with Gasteiger partial charge in [0, 0.05) is 14.0 Å². The normalized spacial score (nSPS) is 28.8. The zero-order chi connectivity index (χ0) is 8.97. The molecule has 1 aliphatic carbocycles. The summed E-state index contributed by atoms with van der Waals surface area (Å²) in [4.78, 5) is 10.5. The van der Waals surface area contributed by atoms with Gasteiger partial charge in [-0.25, -0.2) is 0 Å². The summed E-state index contributed by atoms with van der Waals surface area (Å²) >= 11 is 0. The standard InChI is InChI=1S/C9H16O3/c1-7(10)12-6-8-3-4-9(5-8)11-2/h8-9H,3-6H2,1-2H3/t8-,9-/m0/s1. The summed E-state index contributed by atoms with van der Waals surface area (Å²) in [6.45, 7) is 2.01. The van der Waals surface area contributed by atoms with E-state index in [0.717, 1.165) is 19.3 Å². The van der Waals surface area contributed by atoms with Crippen LogP contribution in [-0.4, -0.2) is 25.8 Å². The first-order chi connectivity index (χ1) is 5.72. The largest absolute Gasteiger partial charge is 0.466 e. The summed E-state index contributed by atoms with van der Waals surface area (Å²) in [6, 6.07) is 0. The van der Waals surface area contributed by atoms with Crippen LogP contribution in [0.3, 0.4) is 0 Å². The fourth-order valence-corrected chi connectivity index (χ4v) is 1.63. The molecule has 2 atom stereocenters. The Morgan fingerprint density at radius 2 is 2.25 bits per heavy atom. The van der Waals surface area contributed by atoms with Gasteiger partial charge in [-0.3, -0.25) is 4.79 Å². The van der Waals surface area contributed by atoms with Crippen molar-refractivity contribution in [3.8, 4) is 0 Å². The Labute approximate surface area is 73.0 Å². The highest BCUT2D eigenvalue weighted by Gasteiger charge is 2.24. The van der Waals surface area contributed by atoms with E-state index in [1.54, 1.807) is 7.11 Å². The summed E-state index contributed by atoms with van der Waals surface area (Å²) in [7, 11) is 1.73. The topological polar surface area (TPSA) is 35.5 Å². The number of rotatable bonds is 3. The van der Waals surface area contributed by atoms with Gasteiger partial charge in [0.1, 0.15) is 0 Å². The summed E-state index contributed by atoms with van der Waals surface area (Å²) in [5.74, 6) is 0.328. The van der Waals surface area contributed by atoms with Gasteiger partial charge in [-0.1, -0.05) is 0 Å². The van der Waals surface area contributed by atoms with Gasteiger partial charge in [-0.2, -0.15) is 0 Å². The van der Waals surface area contributed by atoms with Crippen molar-refractivity contribution in [3.63, 3.8) is 0 Å². The van der Waals surface area contributed by atoms with E-state index < -0.39 is 0 Å². The molecule has 1 saturated carbocycles. The predicted octanol–water partition coefficient (Wildman–Crippen LogP) is 1.36. The molecule has 1 aliphatic rings. The molecule has 1 fully saturated rings. The van der Waals surface area contributed by atoms with Crippen LogP contribution in [-0.2, 0) is 14.3 Å². The lowest BCUT2D eigenvalue weighted by molar-refractivity contribution is -0.142. The lowest BCUT2D eigenvalue weighted by atomic mass is 10.1. The third-order valence-electron chi connectivity index (χ3n) is 2.35. The van der Waals surface area contributed by atoms with Gasteiger partial charge in [0.15, 0.2) is 0 Å². The molecule has 0 N–H and O–H groups in total. The van der Waals surface area contributed by atoms with Crippen molar-refractivity contribution in [1.29, 1.82) is 0 Å². The lowest BCUT2D eigenvalue weighted by Gasteiger charge is -2.09. The van der Waals surface area contributed by atoms with E-state index in [4.69, 9.17) is 9.47 Å². The minimum atomic E-state index is -0.184. The van der Waals surface area contributed by atoms with Gasteiger partial charge in [0.25, 0.3) is 0 Å². The molecule has 0 spiro atoms. The maximum absolute atomic E-state index is 10.5. The summed E-state index contributed by atoms with van der Waals surface area (Å²) in [5, 5.41) is 0. The van der Waals surface area contributed by atoms with Crippen LogP contribution in [0.1, 0.15) is 26.2 Å². The molecular weight excluding hydrogens is 156 g/mol. The quantitative estimate of drug-likeness (QED) is 0.603. The van der Waals surface area contributed by atoms with Crippen LogP contribution in [0.25, 0.3) is 0 Å². The van der Waals surface area contributed by atoms with E-state index in [0.29, 0.717) is 18.6 Å². The van der Waals surface area contributed by atoms with E-state index in [1.807, 2.05) is 0 Å². The molecule has 70 valence electrons. The van der Waals surface area contributed by atoms with Gasteiger partial charge >= 0.3 is 5.97 Å². The van der Waals surface area contributed by atoms with Crippen molar-refractivity contribution < 1.29 is 14.3 Å². The van der Waals surface area contributed by atoms with E-state index in [2.05, 4.69) is 0 Å². The number of carbonyl (C=O) groups is 1. The van der Waals surface area contributed by atoms with Crippen LogP contribution in [0, 0.1) is 5.92 Å². The molecule has 0 amide bonds. The Balaban J connectivity index is 2.15. The Bertz CT molecular complexity index is 156. The van der Waals surface area contributed by atoms with Crippen molar-refractivity contribution in [1.82, 2.24) is 0 Å². The molecule has 0 saturated heterocycles. The second-order valence-electron chi connectivity index (χ2n) is 3.34. The van der Waals surface area contributed by atoms with Gasteiger partial charge in [0.05, 0.1) is 12.7 Å². The van der Waals surface area contributed by atoms with Gasteiger partial charge in [-0.05, 0) is 25.2 Å². The minimum Gasteiger partial charge on any atom is -0.466 e. The molecule has 1 rings (SSSR count). The average molecular weight is 172 g/mol. The lowest BCUT2D eigenvalue weighted by Crippen LogP contribution is -2.11. The summed E-state index contributed by atoms with van der Waals surface area (Å²) < 4.78 is 10.1. The summed E-state index contributed by atoms with van der Waals surface area (Å²) in [5.41, 5.74) is 0. The molecule has 0 aromatic rings. The van der Waals surface area contributed by atoms with Gasteiger partial charge in [-0.15, -0.1) is 0 Å². The molecule has 3 heteroatoms. The molecule has 0 unspecified atom stereocenters. The van der Waals surface area contributed by atoms with Crippen molar-refractivity contribution in [2.45, 2.75) is 32.3 Å². The maximum atomic E-state index is 10.5. The van der Waals surface area contributed by atoms with Crippen LogP contribution in [0.5, 0.6) is 0 Å². The van der Waals surface area contributed by atoms with Gasteiger partial charge in [0.2, 0.25) is 0 Å². The average Bonchev–Trinajstić information content (AvgIpc) is 2.48. The number of hydrogen-bond donors (Lipinski definition) is 0. The van der Waals surface area contributed by atoms with Crippen LogP contribution in [0.4, 0.5) is 0 Å². The molecule has 0 heterocycles. The highest BCUT2D eigenvalue weighted by atomic mass is 16.5. The first-order valence-electron chi connectivity index (χ1n) is 4.38. The zero-order valence-corrected chi connectivity index (χ0v) is 7.71. The fourth-order valence-electron chi connectivity index (χ4n) is 1.63. The molecule has 0 aliphatic heterocycles. The SMILES string of the molecule is CO[C@H]1CC[C@H](COC(C)=O)C1. The number of methoxy groups -OCH3 is 1. The van der Waals surface area contributed by atoms with Crippen molar-refractivity contribution in [3.05, 3.63) is 0 Å². The third kappa shape index (κ3) is 2.81. The highest BCUT2D eigenvalue weighted by Crippen LogP contribution is 2.27. The molecule has 12 heavy (non-hydrogen) atoms.